The average molecular weight is 399 g/mol. The predicted octanol–water partition coefficient (Wildman–Crippen LogP) is 4.99. The highest BCUT2D eigenvalue weighted by Gasteiger charge is 2.33. The lowest BCUT2D eigenvalue weighted by Crippen LogP contribution is -2.40. The summed E-state index contributed by atoms with van der Waals surface area (Å²) < 4.78 is 5.44. The minimum absolute atomic E-state index is 0.360. The lowest BCUT2D eigenvalue weighted by molar-refractivity contribution is 0.0442. The fraction of sp³-hybridized carbons (Fsp3) is 0.240. The van der Waals surface area contributed by atoms with Gasteiger partial charge in [0.25, 0.3) is 11.8 Å². The summed E-state index contributed by atoms with van der Waals surface area (Å²) in [5.41, 5.74) is 1.85. The second-order valence-corrected chi connectivity index (χ2v) is 7.95. The van der Waals surface area contributed by atoms with Crippen molar-refractivity contribution in [3.05, 3.63) is 77.4 Å². The Balaban J connectivity index is 1.40. The Bertz CT molecular complexity index is 1110. The first-order chi connectivity index (χ1) is 14.6. The number of imide groups is 1. The number of carbonyl (C=O) groups excluding carboxylic acids is 3. The molecule has 2 aliphatic rings. The maximum atomic E-state index is 13.1. The van der Waals surface area contributed by atoms with Gasteiger partial charge in [0.1, 0.15) is 0 Å². The topological polar surface area (TPSA) is 63.7 Å². The Morgan fingerprint density at radius 3 is 2.07 bits per heavy atom. The van der Waals surface area contributed by atoms with Crippen LogP contribution in [0.5, 0.6) is 0 Å². The van der Waals surface area contributed by atoms with Crippen molar-refractivity contribution >= 4 is 34.2 Å². The number of benzene rings is 3. The number of rotatable bonds is 4. The smallest absolute Gasteiger partial charge is 0.338 e. The number of hydrogen-bond acceptors (Lipinski definition) is 4. The van der Waals surface area contributed by atoms with Gasteiger partial charge < -0.3 is 4.74 Å². The molecule has 1 fully saturated rings. The molecule has 3 aromatic carbocycles. The largest absolute Gasteiger partial charge is 0.462 e. The van der Waals surface area contributed by atoms with Crippen molar-refractivity contribution in [3.63, 3.8) is 0 Å². The Labute approximate surface area is 174 Å². The third kappa shape index (κ3) is 3.07. The summed E-state index contributed by atoms with van der Waals surface area (Å²) in [4.78, 5) is 39.7. The molecule has 1 aliphatic carbocycles. The number of anilines is 1. The van der Waals surface area contributed by atoms with Gasteiger partial charge in [0, 0.05) is 16.5 Å². The van der Waals surface area contributed by atoms with Crippen LogP contribution in [0.4, 0.5) is 5.69 Å². The molecule has 0 bridgehead atoms. The van der Waals surface area contributed by atoms with E-state index in [0.29, 0.717) is 40.3 Å². The molecule has 5 rings (SSSR count). The van der Waals surface area contributed by atoms with Gasteiger partial charge in [-0.1, -0.05) is 37.1 Å². The van der Waals surface area contributed by atoms with E-state index in [1.807, 2.05) is 24.3 Å². The maximum absolute atomic E-state index is 13.1. The number of esters is 1. The monoisotopic (exact) mass is 399 g/mol. The zero-order chi connectivity index (χ0) is 20.7. The van der Waals surface area contributed by atoms with Crippen LogP contribution in [0.1, 0.15) is 56.8 Å². The Morgan fingerprint density at radius 2 is 1.47 bits per heavy atom. The van der Waals surface area contributed by atoms with Gasteiger partial charge in [0.15, 0.2) is 0 Å². The first-order valence-electron chi connectivity index (χ1n) is 10.3. The van der Waals surface area contributed by atoms with Crippen LogP contribution in [0.15, 0.2) is 60.7 Å². The van der Waals surface area contributed by atoms with Crippen molar-refractivity contribution < 1.29 is 19.1 Å². The molecular formula is C25H21NO4. The molecule has 0 saturated heterocycles. The second kappa shape index (κ2) is 7.41. The lowest BCUT2D eigenvalue weighted by atomic mass is 9.94. The molecule has 0 atom stereocenters. The van der Waals surface area contributed by atoms with Gasteiger partial charge in [-0.2, -0.15) is 0 Å². The van der Waals surface area contributed by atoms with Crippen LogP contribution in [0.2, 0.25) is 0 Å². The summed E-state index contributed by atoms with van der Waals surface area (Å²) in [6, 6.07) is 17.3. The van der Waals surface area contributed by atoms with E-state index in [1.54, 1.807) is 36.4 Å². The molecule has 5 heteroatoms. The third-order valence-corrected chi connectivity index (χ3v) is 6.06. The zero-order valence-corrected chi connectivity index (χ0v) is 16.5. The summed E-state index contributed by atoms with van der Waals surface area (Å²) >= 11 is 0. The lowest BCUT2D eigenvalue weighted by Gasteiger charge is -2.27. The zero-order valence-electron chi connectivity index (χ0n) is 16.5. The van der Waals surface area contributed by atoms with E-state index >= 15 is 0 Å². The highest BCUT2D eigenvalue weighted by atomic mass is 16.5. The van der Waals surface area contributed by atoms with Crippen LogP contribution >= 0.6 is 0 Å². The van der Waals surface area contributed by atoms with Crippen molar-refractivity contribution in [1.29, 1.82) is 0 Å². The molecule has 0 spiro atoms. The summed E-state index contributed by atoms with van der Waals surface area (Å²) in [7, 11) is 0. The Kier molecular flexibility index (Phi) is 4.58. The summed E-state index contributed by atoms with van der Waals surface area (Å²) in [5, 5.41) is 1.56. The van der Waals surface area contributed by atoms with Gasteiger partial charge in [-0.15, -0.1) is 0 Å². The highest BCUT2D eigenvalue weighted by Crippen LogP contribution is 2.33. The van der Waals surface area contributed by atoms with Crippen LogP contribution in [-0.4, -0.2) is 24.4 Å². The van der Waals surface area contributed by atoms with Crippen LogP contribution in [0.25, 0.3) is 10.8 Å². The Hall–Kier alpha value is -3.47. The molecule has 0 unspecified atom stereocenters. The fourth-order valence-corrected chi connectivity index (χ4v) is 4.47. The van der Waals surface area contributed by atoms with Crippen LogP contribution in [0.3, 0.4) is 0 Å². The minimum atomic E-state index is -0.375. The molecule has 1 saturated carbocycles. The standard InChI is InChI=1S/C25H21NO4/c27-23-20-9-3-7-17-8-4-10-21(22(17)20)24(28)26(23)19-13-11-18(12-14-19)25(29)30-15-16-5-1-2-6-16/h3-4,7-14,16H,1-2,5-6,15H2. The summed E-state index contributed by atoms with van der Waals surface area (Å²) in [6.45, 7) is 0.449. The molecular weight excluding hydrogens is 378 g/mol. The molecule has 0 N–H and O–H groups in total. The SMILES string of the molecule is O=C(OCC1CCCC1)c1ccc(N2C(=O)c3cccc4cccc(c34)C2=O)cc1. The van der Waals surface area contributed by atoms with Gasteiger partial charge >= 0.3 is 5.97 Å². The first kappa shape index (κ1) is 18.6. The summed E-state index contributed by atoms with van der Waals surface area (Å²) in [5.74, 6) is -0.638. The molecule has 30 heavy (non-hydrogen) atoms. The normalized spacial score (nSPS) is 16.3. The van der Waals surface area contributed by atoms with E-state index in [2.05, 4.69) is 0 Å². The van der Waals surface area contributed by atoms with E-state index < -0.39 is 0 Å². The molecule has 0 radical (unpaired) electrons. The van der Waals surface area contributed by atoms with Crippen molar-refractivity contribution in [3.8, 4) is 0 Å². The van der Waals surface area contributed by atoms with E-state index in [-0.39, 0.29) is 17.8 Å². The number of nitrogens with zero attached hydrogens (tertiary/aromatic N) is 1. The molecule has 2 amide bonds. The highest BCUT2D eigenvalue weighted by molar-refractivity contribution is 6.35. The van der Waals surface area contributed by atoms with E-state index in [4.69, 9.17) is 4.74 Å². The molecule has 1 aliphatic heterocycles. The molecule has 0 aromatic heterocycles. The molecule has 3 aromatic rings. The number of amides is 2. The van der Waals surface area contributed by atoms with Crippen LogP contribution in [-0.2, 0) is 4.74 Å². The van der Waals surface area contributed by atoms with Gasteiger partial charge in [0.05, 0.1) is 17.9 Å². The Morgan fingerprint density at radius 1 is 0.867 bits per heavy atom. The quantitative estimate of drug-likeness (QED) is 0.458. The first-order valence-corrected chi connectivity index (χ1v) is 10.3. The van der Waals surface area contributed by atoms with Crippen molar-refractivity contribution in [2.24, 2.45) is 5.92 Å². The van der Waals surface area contributed by atoms with Gasteiger partial charge in [0.2, 0.25) is 0 Å². The van der Waals surface area contributed by atoms with Crippen LogP contribution in [0, 0.1) is 5.92 Å². The maximum Gasteiger partial charge on any atom is 0.338 e. The number of carbonyl (C=O) groups is 3. The fourth-order valence-electron chi connectivity index (χ4n) is 4.47. The van der Waals surface area contributed by atoms with E-state index in [9.17, 15) is 14.4 Å². The molecule has 1 heterocycles. The number of ether oxygens (including phenoxy) is 1. The molecule has 5 nitrogen and oxygen atoms in total. The molecule has 150 valence electrons. The van der Waals surface area contributed by atoms with Crippen molar-refractivity contribution in [2.75, 3.05) is 11.5 Å². The van der Waals surface area contributed by atoms with Gasteiger partial charge in [-0.25, -0.2) is 9.69 Å². The van der Waals surface area contributed by atoms with Crippen LogP contribution < -0.4 is 4.90 Å². The third-order valence-electron chi connectivity index (χ3n) is 6.06. The second-order valence-electron chi connectivity index (χ2n) is 7.95. The van der Waals surface area contributed by atoms with E-state index in [0.717, 1.165) is 18.2 Å². The number of hydrogen-bond donors (Lipinski definition) is 0. The van der Waals surface area contributed by atoms with E-state index in [1.165, 1.54) is 17.7 Å². The van der Waals surface area contributed by atoms with Gasteiger partial charge in [-0.3, -0.25) is 9.59 Å². The summed E-state index contributed by atoms with van der Waals surface area (Å²) in [6.07, 6.45) is 4.62. The van der Waals surface area contributed by atoms with Crippen molar-refractivity contribution in [2.45, 2.75) is 25.7 Å². The minimum Gasteiger partial charge on any atom is -0.462 e. The average Bonchev–Trinajstić information content (AvgIpc) is 3.30. The van der Waals surface area contributed by atoms with Crippen molar-refractivity contribution in [1.82, 2.24) is 0 Å². The predicted molar refractivity (Wildman–Crippen MR) is 114 cm³/mol. The van der Waals surface area contributed by atoms with Gasteiger partial charge in [-0.05, 0) is 60.5 Å².